The molecule has 0 aliphatic carbocycles. The normalized spacial score (nSPS) is 11.9. The van der Waals surface area contributed by atoms with E-state index in [1.807, 2.05) is 0 Å². The van der Waals surface area contributed by atoms with Crippen LogP contribution in [0, 0.1) is 0 Å². The van der Waals surface area contributed by atoms with Gasteiger partial charge in [-0.3, -0.25) is 0 Å². The standard InChI is InChI=1S/C12H16F3N3O4/c1-11(5-19,6-20)18-10(21)17-8-2-3-9(16-4-8)22-7-12(13,14)15/h2-4,19-20H,5-7H2,1H3,(H2,17,18,21). The van der Waals surface area contributed by atoms with E-state index < -0.39 is 37.6 Å². The van der Waals surface area contributed by atoms with E-state index in [2.05, 4.69) is 20.4 Å². The van der Waals surface area contributed by atoms with Gasteiger partial charge < -0.3 is 25.6 Å². The predicted octanol–water partition coefficient (Wildman–Crippen LogP) is 0.888. The van der Waals surface area contributed by atoms with Crippen LogP contribution in [0.1, 0.15) is 6.92 Å². The van der Waals surface area contributed by atoms with Crippen LogP contribution in [0.4, 0.5) is 23.7 Å². The van der Waals surface area contributed by atoms with Crippen molar-refractivity contribution >= 4 is 11.7 Å². The number of pyridine rings is 1. The van der Waals surface area contributed by atoms with Crippen LogP contribution in [0.2, 0.25) is 0 Å². The molecule has 0 radical (unpaired) electrons. The first-order valence-electron chi connectivity index (χ1n) is 6.14. The number of rotatable bonds is 6. The molecule has 4 N–H and O–H groups in total. The topological polar surface area (TPSA) is 104 Å². The third kappa shape index (κ3) is 6.14. The number of amides is 2. The first-order chi connectivity index (χ1) is 10.2. The Hall–Kier alpha value is -2.07. The number of hydrogen-bond donors (Lipinski definition) is 4. The fourth-order valence-electron chi connectivity index (χ4n) is 1.26. The number of nitrogens with one attached hydrogen (secondary N) is 2. The maximum absolute atomic E-state index is 12.0. The van der Waals surface area contributed by atoms with Crippen molar-refractivity contribution in [2.45, 2.75) is 18.6 Å². The van der Waals surface area contributed by atoms with Gasteiger partial charge in [0.2, 0.25) is 5.88 Å². The van der Waals surface area contributed by atoms with Gasteiger partial charge in [0.15, 0.2) is 6.61 Å². The second-order valence-electron chi connectivity index (χ2n) is 4.74. The Kier molecular flexibility index (Phi) is 5.94. The fourth-order valence-corrected chi connectivity index (χ4v) is 1.26. The SMILES string of the molecule is CC(CO)(CO)NC(=O)Nc1ccc(OCC(F)(F)F)nc1. The lowest BCUT2D eigenvalue weighted by molar-refractivity contribution is -0.154. The van der Waals surface area contributed by atoms with Gasteiger partial charge in [-0.1, -0.05) is 0 Å². The highest BCUT2D eigenvalue weighted by Gasteiger charge is 2.28. The highest BCUT2D eigenvalue weighted by Crippen LogP contribution is 2.18. The number of hydrogen-bond acceptors (Lipinski definition) is 5. The van der Waals surface area contributed by atoms with Crippen LogP contribution in [0.3, 0.4) is 0 Å². The molecule has 0 unspecified atom stereocenters. The summed E-state index contributed by atoms with van der Waals surface area (Å²) in [4.78, 5) is 15.2. The smallest absolute Gasteiger partial charge is 0.422 e. The van der Waals surface area contributed by atoms with Crippen molar-refractivity contribution < 1.29 is 32.9 Å². The van der Waals surface area contributed by atoms with Gasteiger partial charge in [0.05, 0.1) is 30.6 Å². The summed E-state index contributed by atoms with van der Waals surface area (Å²) in [6, 6.07) is 1.75. The Morgan fingerprint density at radius 1 is 1.32 bits per heavy atom. The molecule has 1 heterocycles. The van der Waals surface area contributed by atoms with Gasteiger partial charge in [0.1, 0.15) is 0 Å². The molecule has 0 aromatic carbocycles. The van der Waals surface area contributed by atoms with E-state index in [0.29, 0.717) is 0 Å². The molecular formula is C12H16F3N3O4. The maximum Gasteiger partial charge on any atom is 0.422 e. The first kappa shape index (κ1) is 18.0. The van der Waals surface area contributed by atoms with E-state index in [4.69, 9.17) is 10.2 Å². The summed E-state index contributed by atoms with van der Waals surface area (Å²) in [6.45, 7) is -0.976. The average Bonchev–Trinajstić information content (AvgIpc) is 2.45. The van der Waals surface area contributed by atoms with Crippen molar-refractivity contribution in [2.24, 2.45) is 0 Å². The molecule has 0 fully saturated rings. The number of halogens is 3. The Labute approximate surface area is 124 Å². The summed E-state index contributed by atoms with van der Waals surface area (Å²) in [7, 11) is 0. The number of carbonyl (C=O) groups excluding carboxylic acids is 1. The average molecular weight is 323 g/mol. The molecule has 2 amide bonds. The van der Waals surface area contributed by atoms with Gasteiger partial charge in [0, 0.05) is 6.07 Å². The molecule has 1 aromatic rings. The van der Waals surface area contributed by atoms with Crippen LogP contribution in [-0.4, -0.2) is 52.8 Å². The molecule has 0 aliphatic rings. The van der Waals surface area contributed by atoms with Crippen molar-refractivity contribution in [3.05, 3.63) is 18.3 Å². The van der Waals surface area contributed by atoms with Gasteiger partial charge in [-0.2, -0.15) is 13.2 Å². The van der Waals surface area contributed by atoms with Gasteiger partial charge in [-0.05, 0) is 13.0 Å². The van der Waals surface area contributed by atoms with Crippen LogP contribution < -0.4 is 15.4 Å². The molecule has 0 saturated carbocycles. The molecule has 0 atom stereocenters. The summed E-state index contributed by atoms with van der Waals surface area (Å²) in [5.41, 5.74) is -0.997. The molecule has 0 bridgehead atoms. The second-order valence-corrected chi connectivity index (χ2v) is 4.74. The second kappa shape index (κ2) is 7.27. The summed E-state index contributed by atoms with van der Waals surface area (Å²) in [5, 5.41) is 22.8. The summed E-state index contributed by atoms with van der Waals surface area (Å²) in [6.07, 6.45) is -3.35. The highest BCUT2D eigenvalue weighted by atomic mass is 19.4. The molecule has 1 rings (SSSR count). The Balaban J connectivity index is 2.55. The number of nitrogens with zero attached hydrogens (tertiary/aromatic N) is 1. The van der Waals surface area contributed by atoms with Crippen LogP contribution in [0.25, 0.3) is 0 Å². The van der Waals surface area contributed by atoms with Gasteiger partial charge in [-0.25, -0.2) is 9.78 Å². The molecule has 124 valence electrons. The summed E-state index contributed by atoms with van der Waals surface area (Å²) >= 11 is 0. The van der Waals surface area contributed by atoms with Crippen molar-refractivity contribution in [1.29, 1.82) is 0 Å². The Morgan fingerprint density at radius 3 is 2.41 bits per heavy atom. The number of aliphatic hydroxyl groups is 2. The van der Waals surface area contributed by atoms with E-state index in [1.54, 1.807) is 0 Å². The molecule has 1 aromatic heterocycles. The number of urea groups is 1. The van der Waals surface area contributed by atoms with Crippen LogP contribution in [0.15, 0.2) is 18.3 Å². The molecule has 22 heavy (non-hydrogen) atoms. The van der Waals surface area contributed by atoms with Crippen molar-refractivity contribution in [1.82, 2.24) is 10.3 Å². The molecule has 10 heteroatoms. The summed E-state index contributed by atoms with van der Waals surface area (Å²) < 4.78 is 40.3. The molecule has 0 spiro atoms. The zero-order valence-corrected chi connectivity index (χ0v) is 11.6. The van der Waals surface area contributed by atoms with E-state index in [-0.39, 0.29) is 11.6 Å². The number of aromatic nitrogens is 1. The lowest BCUT2D eigenvalue weighted by Crippen LogP contribution is -2.53. The van der Waals surface area contributed by atoms with Gasteiger partial charge >= 0.3 is 12.2 Å². The van der Waals surface area contributed by atoms with Gasteiger partial charge in [0.25, 0.3) is 0 Å². The third-order valence-electron chi connectivity index (χ3n) is 2.49. The van der Waals surface area contributed by atoms with E-state index in [0.717, 1.165) is 6.20 Å². The Morgan fingerprint density at radius 2 is 1.95 bits per heavy atom. The Bertz CT molecular complexity index is 489. The van der Waals surface area contributed by atoms with Crippen LogP contribution in [-0.2, 0) is 0 Å². The van der Waals surface area contributed by atoms with Crippen molar-refractivity contribution in [3.8, 4) is 5.88 Å². The fraction of sp³-hybridized carbons (Fsp3) is 0.500. The number of anilines is 1. The quantitative estimate of drug-likeness (QED) is 0.622. The number of aliphatic hydroxyl groups excluding tert-OH is 2. The zero-order valence-electron chi connectivity index (χ0n) is 11.6. The van der Waals surface area contributed by atoms with Crippen molar-refractivity contribution in [3.63, 3.8) is 0 Å². The number of alkyl halides is 3. The lowest BCUT2D eigenvalue weighted by Gasteiger charge is -2.26. The maximum atomic E-state index is 12.0. The largest absolute Gasteiger partial charge is 0.468 e. The molecule has 0 saturated heterocycles. The monoisotopic (exact) mass is 323 g/mol. The highest BCUT2D eigenvalue weighted by molar-refractivity contribution is 5.89. The van der Waals surface area contributed by atoms with Gasteiger partial charge in [-0.15, -0.1) is 0 Å². The van der Waals surface area contributed by atoms with Crippen molar-refractivity contribution in [2.75, 3.05) is 25.1 Å². The summed E-state index contributed by atoms with van der Waals surface area (Å²) in [5.74, 6) is -0.237. The zero-order chi connectivity index (χ0) is 16.8. The first-order valence-corrected chi connectivity index (χ1v) is 6.14. The van der Waals surface area contributed by atoms with E-state index in [1.165, 1.54) is 19.1 Å². The van der Waals surface area contributed by atoms with Crippen LogP contribution >= 0.6 is 0 Å². The molecular weight excluding hydrogens is 307 g/mol. The number of ether oxygens (including phenoxy) is 1. The lowest BCUT2D eigenvalue weighted by atomic mass is 10.1. The predicted molar refractivity (Wildman–Crippen MR) is 70.5 cm³/mol. The minimum absolute atomic E-state index is 0.204. The minimum atomic E-state index is -4.46. The number of carbonyl (C=O) groups is 1. The molecule has 0 aliphatic heterocycles. The van der Waals surface area contributed by atoms with Crippen LogP contribution in [0.5, 0.6) is 5.88 Å². The minimum Gasteiger partial charge on any atom is -0.468 e. The van der Waals surface area contributed by atoms with E-state index >= 15 is 0 Å². The molecule has 7 nitrogen and oxygen atoms in total. The third-order valence-corrected chi connectivity index (χ3v) is 2.49. The van der Waals surface area contributed by atoms with E-state index in [9.17, 15) is 18.0 Å².